The van der Waals surface area contributed by atoms with E-state index in [9.17, 15) is 4.39 Å². The lowest BCUT2D eigenvalue weighted by Gasteiger charge is -2.19. The van der Waals surface area contributed by atoms with Gasteiger partial charge in [-0.2, -0.15) is 5.26 Å². The van der Waals surface area contributed by atoms with E-state index in [0.717, 1.165) is 34.3 Å². The molecule has 0 N–H and O–H groups in total. The lowest BCUT2D eigenvalue weighted by molar-refractivity contribution is 0.219. The smallest absolute Gasteiger partial charge is 0.142 e. The number of fused-ring (bicyclic) bond motifs is 2. The summed E-state index contributed by atoms with van der Waals surface area (Å²) >= 11 is 6.61. The van der Waals surface area contributed by atoms with Crippen LogP contribution in [0.4, 0.5) is 4.39 Å². The van der Waals surface area contributed by atoms with E-state index in [2.05, 4.69) is 27.0 Å². The van der Waals surface area contributed by atoms with Gasteiger partial charge in [-0.3, -0.25) is 4.90 Å². The number of aromatic nitrogens is 3. The largest absolute Gasteiger partial charge is 0.490 e. The first-order chi connectivity index (χ1) is 15.6. The van der Waals surface area contributed by atoms with Crippen LogP contribution in [0.5, 0.6) is 5.75 Å². The number of hydrogen-bond acceptors (Lipinski definition) is 5. The van der Waals surface area contributed by atoms with E-state index in [0.29, 0.717) is 36.3 Å². The molecule has 32 heavy (non-hydrogen) atoms. The van der Waals surface area contributed by atoms with Crippen LogP contribution in [-0.4, -0.2) is 32.6 Å². The van der Waals surface area contributed by atoms with E-state index in [4.69, 9.17) is 21.6 Å². The van der Waals surface area contributed by atoms with Gasteiger partial charge >= 0.3 is 0 Å². The molecule has 0 amide bonds. The van der Waals surface area contributed by atoms with Gasteiger partial charge in [-0.1, -0.05) is 11.6 Å². The molecule has 0 atom stereocenters. The summed E-state index contributed by atoms with van der Waals surface area (Å²) in [5.41, 5.74) is 3.75. The highest BCUT2D eigenvalue weighted by Crippen LogP contribution is 2.35. The number of nitriles is 1. The third-order valence-corrected chi connectivity index (χ3v) is 5.77. The van der Waals surface area contributed by atoms with Gasteiger partial charge in [0.05, 0.1) is 23.0 Å². The second-order valence-corrected chi connectivity index (χ2v) is 8.11. The summed E-state index contributed by atoms with van der Waals surface area (Å²) in [5.74, 6) is 0.959. The summed E-state index contributed by atoms with van der Waals surface area (Å²) < 4.78 is 21.6. The van der Waals surface area contributed by atoms with Crippen LogP contribution in [0.2, 0.25) is 5.02 Å². The highest BCUT2D eigenvalue weighted by atomic mass is 35.5. The third-order valence-electron chi connectivity index (χ3n) is 5.49. The van der Waals surface area contributed by atoms with Crippen LogP contribution in [0.25, 0.3) is 16.6 Å². The maximum atomic E-state index is 13.6. The Kier molecular flexibility index (Phi) is 5.48. The first kappa shape index (κ1) is 20.4. The second-order valence-electron chi connectivity index (χ2n) is 7.71. The fraction of sp³-hybridized carbons (Fsp3) is 0.208. The van der Waals surface area contributed by atoms with Crippen LogP contribution in [0, 0.1) is 17.1 Å². The summed E-state index contributed by atoms with van der Waals surface area (Å²) in [6.07, 6.45) is 5.65. The zero-order chi connectivity index (χ0) is 22.1. The molecular formula is C24H19ClFN5O. The van der Waals surface area contributed by atoms with Crippen LogP contribution in [0.15, 0.2) is 55.0 Å². The minimum Gasteiger partial charge on any atom is -0.490 e. The molecule has 8 heteroatoms. The van der Waals surface area contributed by atoms with Crippen LogP contribution in [0.3, 0.4) is 0 Å². The van der Waals surface area contributed by atoms with Gasteiger partial charge in [0.1, 0.15) is 24.0 Å². The van der Waals surface area contributed by atoms with Crippen molar-refractivity contribution in [2.24, 2.45) is 0 Å². The Labute approximate surface area is 189 Å². The number of halogens is 2. The molecule has 1 aliphatic heterocycles. The van der Waals surface area contributed by atoms with Crippen LogP contribution in [0.1, 0.15) is 17.0 Å². The van der Waals surface area contributed by atoms with Gasteiger partial charge in [-0.15, -0.1) is 0 Å². The van der Waals surface area contributed by atoms with Crippen molar-refractivity contribution in [2.45, 2.75) is 19.5 Å². The lowest BCUT2D eigenvalue weighted by atomic mass is 10.1. The lowest BCUT2D eigenvalue weighted by Crippen LogP contribution is -2.25. The Morgan fingerprint density at radius 3 is 2.81 bits per heavy atom. The normalized spacial score (nSPS) is 13.9. The summed E-state index contributed by atoms with van der Waals surface area (Å²) in [6.45, 7) is 2.55. The first-order valence-corrected chi connectivity index (χ1v) is 10.6. The Morgan fingerprint density at radius 1 is 1.16 bits per heavy atom. The van der Waals surface area contributed by atoms with Crippen LogP contribution >= 0.6 is 11.6 Å². The number of benzene rings is 2. The van der Waals surface area contributed by atoms with Crippen molar-refractivity contribution in [3.05, 3.63) is 82.8 Å². The zero-order valence-electron chi connectivity index (χ0n) is 17.1. The molecule has 0 fully saturated rings. The third kappa shape index (κ3) is 4.03. The van der Waals surface area contributed by atoms with E-state index in [-0.39, 0.29) is 12.2 Å². The van der Waals surface area contributed by atoms with E-state index in [1.807, 2.05) is 22.9 Å². The van der Waals surface area contributed by atoms with Crippen molar-refractivity contribution < 1.29 is 9.13 Å². The zero-order valence-corrected chi connectivity index (χ0v) is 17.9. The highest BCUT2D eigenvalue weighted by Gasteiger charge is 2.20. The van der Waals surface area contributed by atoms with Crippen molar-refractivity contribution in [3.63, 3.8) is 0 Å². The standard InChI is InChI=1S/C24H19ClFN5O/c25-21-11-20(31-6-4-17-9-19(26)1-2-22(17)31)10-18-15-30(7-8-32-24(18)21)14-16-12-28-23(3-5-27)29-13-16/h1-2,4,6,9-13H,3,7-8,14-15H2. The van der Waals surface area contributed by atoms with Crippen molar-refractivity contribution in [1.82, 2.24) is 19.4 Å². The molecule has 0 saturated carbocycles. The van der Waals surface area contributed by atoms with E-state index in [1.165, 1.54) is 12.1 Å². The molecule has 0 radical (unpaired) electrons. The molecule has 2 aromatic carbocycles. The minimum atomic E-state index is -0.260. The summed E-state index contributed by atoms with van der Waals surface area (Å²) in [6, 6.07) is 12.6. The molecule has 6 nitrogen and oxygen atoms in total. The molecule has 0 spiro atoms. The average Bonchev–Trinajstić information content (AvgIpc) is 3.08. The number of ether oxygens (including phenoxy) is 1. The van der Waals surface area contributed by atoms with Crippen LogP contribution < -0.4 is 4.74 Å². The predicted octanol–water partition coefficient (Wildman–Crippen LogP) is 4.67. The van der Waals surface area contributed by atoms with Gasteiger partial charge in [0.2, 0.25) is 0 Å². The SMILES string of the molecule is N#CCc1ncc(CN2CCOc3c(Cl)cc(-n4ccc5cc(F)ccc54)cc3C2)cn1. The number of nitrogens with zero attached hydrogens (tertiary/aromatic N) is 5. The molecule has 1 aliphatic rings. The molecular weight excluding hydrogens is 429 g/mol. The molecule has 2 aromatic heterocycles. The Balaban J connectivity index is 1.44. The molecule has 0 saturated heterocycles. The monoisotopic (exact) mass is 447 g/mol. The Hall–Kier alpha value is -3.47. The van der Waals surface area contributed by atoms with Crippen molar-refractivity contribution in [3.8, 4) is 17.5 Å². The topological polar surface area (TPSA) is 67.0 Å². The van der Waals surface area contributed by atoms with Gasteiger partial charge in [-0.25, -0.2) is 14.4 Å². The number of rotatable bonds is 4. The van der Waals surface area contributed by atoms with Gasteiger partial charge in [0.15, 0.2) is 0 Å². The second kappa shape index (κ2) is 8.58. The Morgan fingerprint density at radius 2 is 2.00 bits per heavy atom. The van der Waals surface area contributed by atoms with Crippen LogP contribution in [-0.2, 0) is 19.5 Å². The molecule has 0 unspecified atom stereocenters. The van der Waals surface area contributed by atoms with Gasteiger partial charge < -0.3 is 9.30 Å². The Bertz CT molecular complexity index is 1330. The number of hydrogen-bond donors (Lipinski definition) is 0. The fourth-order valence-corrected chi connectivity index (χ4v) is 4.29. The maximum Gasteiger partial charge on any atom is 0.142 e. The van der Waals surface area contributed by atoms with Crippen molar-refractivity contribution in [2.75, 3.05) is 13.2 Å². The van der Waals surface area contributed by atoms with Crippen molar-refractivity contribution >= 4 is 22.5 Å². The fourth-order valence-electron chi connectivity index (χ4n) is 4.01. The quantitative estimate of drug-likeness (QED) is 0.454. The highest BCUT2D eigenvalue weighted by molar-refractivity contribution is 6.32. The van der Waals surface area contributed by atoms with E-state index in [1.54, 1.807) is 18.5 Å². The molecule has 0 aliphatic carbocycles. The average molecular weight is 448 g/mol. The van der Waals surface area contributed by atoms with Crippen molar-refractivity contribution in [1.29, 1.82) is 5.26 Å². The molecule has 4 aromatic rings. The summed E-state index contributed by atoms with van der Waals surface area (Å²) in [5, 5.41) is 10.2. The molecule has 160 valence electrons. The molecule has 5 rings (SSSR count). The molecule has 3 heterocycles. The first-order valence-electron chi connectivity index (χ1n) is 10.2. The van der Waals surface area contributed by atoms with Gasteiger partial charge in [0.25, 0.3) is 0 Å². The van der Waals surface area contributed by atoms with E-state index < -0.39 is 0 Å². The predicted molar refractivity (Wildman–Crippen MR) is 119 cm³/mol. The van der Waals surface area contributed by atoms with E-state index >= 15 is 0 Å². The minimum absolute atomic E-state index is 0.202. The maximum absolute atomic E-state index is 13.6. The van der Waals surface area contributed by atoms with Gasteiger partial charge in [0, 0.05) is 60.4 Å². The summed E-state index contributed by atoms with van der Waals surface area (Å²) in [7, 11) is 0. The summed E-state index contributed by atoms with van der Waals surface area (Å²) in [4.78, 5) is 10.8. The van der Waals surface area contributed by atoms with Gasteiger partial charge in [-0.05, 0) is 36.4 Å². The molecule has 0 bridgehead atoms.